The molecular weight excluding hydrogens is 291 g/mol. The summed E-state index contributed by atoms with van der Waals surface area (Å²) in [6.45, 7) is 2.69. The van der Waals surface area contributed by atoms with Gasteiger partial charge in [0.05, 0.1) is 16.4 Å². The van der Waals surface area contributed by atoms with Crippen molar-refractivity contribution in [1.82, 2.24) is 4.31 Å². The number of aliphatic hydroxyl groups excluding tert-OH is 1. The van der Waals surface area contributed by atoms with E-state index < -0.39 is 32.5 Å². The van der Waals surface area contributed by atoms with Crippen LogP contribution in [0.4, 0.5) is 10.1 Å². The van der Waals surface area contributed by atoms with Crippen LogP contribution in [0, 0.1) is 15.9 Å². The Morgan fingerprint density at radius 3 is 2.45 bits per heavy atom. The van der Waals surface area contributed by atoms with Crippen LogP contribution in [0.2, 0.25) is 0 Å². The second-order valence-corrected chi connectivity index (χ2v) is 6.19. The Kier molecular flexibility index (Phi) is 5.15. The van der Waals surface area contributed by atoms with Crippen molar-refractivity contribution < 1.29 is 22.8 Å². The number of nitro groups is 1. The molecule has 9 heteroatoms. The Labute approximate surface area is 115 Å². The van der Waals surface area contributed by atoms with E-state index in [4.69, 9.17) is 5.11 Å². The number of nitrogens with zero attached hydrogens (tertiary/aromatic N) is 2. The van der Waals surface area contributed by atoms with Gasteiger partial charge in [-0.25, -0.2) is 8.42 Å². The third-order valence-electron chi connectivity index (χ3n) is 2.62. The molecule has 0 bridgehead atoms. The smallest absolute Gasteiger partial charge is 0.304 e. The molecule has 1 aromatic rings. The minimum absolute atomic E-state index is 0.140. The summed E-state index contributed by atoms with van der Waals surface area (Å²) in [5, 5.41) is 19.4. The number of sulfonamides is 1. The highest BCUT2D eigenvalue weighted by Gasteiger charge is 2.28. The lowest BCUT2D eigenvalue weighted by molar-refractivity contribution is -0.387. The molecule has 0 atom stereocenters. The molecule has 0 aliphatic carbocycles. The Bertz CT molecular complexity index is 603. The first-order chi connectivity index (χ1) is 9.21. The molecule has 7 nitrogen and oxygen atoms in total. The first-order valence-electron chi connectivity index (χ1n) is 5.78. The van der Waals surface area contributed by atoms with Crippen molar-refractivity contribution in [1.29, 1.82) is 0 Å². The molecule has 1 aromatic carbocycles. The molecule has 0 amide bonds. The minimum Gasteiger partial charge on any atom is -0.395 e. The van der Waals surface area contributed by atoms with Crippen molar-refractivity contribution in [3.8, 4) is 0 Å². The number of nitro benzene ring substituents is 1. The standard InChI is InChI=1S/C11H15FN2O5S/c1-8(2)13(5-6-15)20(18,19)9-3-4-11(14(16)17)10(12)7-9/h3-4,7-8,15H,5-6H2,1-2H3. The number of aliphatic hydroxyl groups is 1. The van der Waals surface area contributed by atoms with E-state index in [0.29, 0.717) is 6.07 Å². The molecular formula is C11H15FN2O5S. The maximum atomic E-state index is 13.5. The Morgan fingerprint density at radius 2 is 2.05 bits per heavy atom. The van der Waals surface area contributed by atoms with E-state index in [2.05, 4.69) is 0 Å². The van der Waals surface area contributed by atoms with Crippen LogP contribution in [0.3, 0.4) is 0 Å². The van der Waals surface area contributed by atoms with Crippen LogP contribution in [0.5, 0.6) is 0 Å². The van der Waals surface area contributed by atoms with Crippen LogP contribution in [-0.4, -0.2) is 41.9 Å². The van der Waals surface area contributed by atoms with Crippen LogP contribution in [0.15, 0.2) is 23.1 Å². The van der Waals surface area contributed by atoms with Crippen LogP contribution < -0.4 is 0 Å². The largest absolute Gasteiger partial charge is 0.395 e. The summed E-state index contributed by atoms with van der Waals surface area (Å²) in [6, 6.07) is 1.95. The van der Waals surface area contributed by atoms with E-state index in [0.717, 1.165) is 16.4 Å². The van der Waals surface area contributed by atoms with E-state index >= 15 is 0 Å². The molecule has 1 rings (SSSR count). The molecule has 0 spiro atoms. The van der Waals surface area contributed by atoms with Gasteiger partial charge >= 0.3 is 5.69 Å². The average molecular weight is 306 g/mol. The third-order valence-corrected chi connectivity index (χ3v) is 4.69. The normalized spacial score (nSPS) is 12.1. The summed E-state index contributed by atoms with van der Waals surface area (Å²) in [4.78, 5) is 9.18. The molecule has 0 aliphatic rings. The number of hydrogen-bond acceptors (Lipinski definition) is 5. The van der Waals surface area contributed by atoms with Gasteiger partial charge in [0, 0.05) is 24.7 Å². The molecule has 0 aliphatic heterocycles. The van der Waals surface area contributed by atoms with Crippen LogP contribution in [0.25, 0.3) is 0 Å². The molecule has 0 aromatic heterocycles. The fourth-order valence-corrected chi connectivity index (χ4v) is 3.33. The fourth-order valence-electron chi connectivity index (χ4n) is 1.69. The van der Waals surface area contributed by atoms with Gasteiger partial charge in [-0.05, 0) is 19.9 Å². The quantitative estimate of drug-likeness (QED) is 0.627. The van der Waals surface area contributed by atoms with Crippen molar-refractivity contribution in [3.63, 3.8) is 0 Å². The number of benzene rings is 1. The maximum absolute atomic E-state index is 13.5. The highest BCUT2D eigenvalue weighted by Crippen LogP contribution is 2.24. The van der Waals surface area contributed by atoms with Gasteiger partial charge < -0.3 is 5.11 Å². The molecule has 0 unspecified atom stereocenters. The van der Waals surface area contributed by atoms with Gasteiger partial charge in [-0.3, -0.25) is 10.1 Å². The van der Waals surface area contributed by atoms with Crippen LogP contribution >= 0.6 is 0 Å². The molecule has 20 heavy (non-hydrogen) atoms. The van der Waals surface area contributed by atoms with Crippen molar-refractivity contribution in [3.05, 3.63) is 34.1 Å². The SMILES string of the molecule is CC(C)N(CCO)S(=O)(=O)c1ccc([N+](=O)[O-])c(F)c1. The van der Waals surface area contributed by atoms with Crippen LogP contribution in [-0.2, 0) is 10.0 Å². The van der Waals surface area contributed by atoms with E-state index in [-0.39, 0.29) is 18.0 Å². The van der Waals surface area contributed by atoms with Gasteiger partial charge in [-0.15, -0.1) is 0 Å². The minimum atomic E-state index is -4.02. The van der Waals surface area contributed by atoms with Gasteiger partial charge in [-0.2, -0.15) is 8.70 Å². The zero-order valence-corrected chi connectivity index (χ0v) is 11.8. The molecule has 0 fully saturated rings. The monoisotopic (exact) mass is 306 g/mol. The van der Waals surface area contributed by atoms with Gasteiger partial charge in [-0.1, -0.05) is 0 Å². The van der Waals surface area contributed by atoms with Crippen LogP contribution in [0.1, 0.15) is 13.8 Å². The summed E-state index contributed by atoms with van der Waals surface area (Å²) in [5.74, 6) is -1.22. The second kappa shape index (κ2) is 6.25. The molecule has 0 saturated heterocycles. The topological polar surface area (TPSA) is 101 Å². The van der Waals surface area contributed by atoms with Crippen molar-refractivity contribution in [2.45, 2.75) is 24.8 Å². The van der Waals surface area contributed by atoms with Crippen molar-refractivity contribution >= 4 is 15.7 Å². The van der Waals surface area contributed by atoms with E-state index in [1.54, 1.807) is 13.8 Å². The lowest BCUT2D eigenvalue weighted by atomic mass is 10.3. The number of rotatable bonds is 6. The van der Waals surface area contributed by atoms with E-state index in [1.807, 2.05) is 0 Å². The Hall–Kier alpha value is -1.58. The summed E-state index contributed by atoms with van der Waals surface area (Å²) in [6.07, 6.45) is 0. The molecule has 0 saturated carbocycles. The lowest BCUT2D eigenvalue weighted by Crippen LogP contribution is -2.39. The second-order valence-electron chi connectivity index (χ2n) is 4.30. The fraction of sp³-hybridized carbons (Fsp3) is 0.455. The molecule has 0 radical (unpaired) electrons. The van der Waals surface area contributed by atoms with E-state index in [9.17, 15) is 22.9 Å². The first kappa shape index (κ1) is 16.5. The van der Waals surface area contributed by atoms with Gasteiger partial charge in [0.1, 0.15) is 0 Å². The van der Waals surface area contributed by atoms with Crippen molar-refractivity contribution in [2.75, 3.05) is 13.2 Å². The summed E-state index contributed by atoms with van der Waals surface area (Å²) in [7, 11) is -4.02. The molecule has 112 valence electrons. The predicted octanol–water partition coefficient (Wildman–Crippen LogP) is 1.13. The maximum Gasteiger partial charge on any atom is 0.304 e. The summed E-state index contributed by atoms with van der Waals surface area (Å²) >= 11 is 0. The van der Waals surface area contributed by atoms with Crippen molar-refractivity contribution in [2.24, 2.45) is 0 Å². The summed E-state index contributed by atoms with van der Waals surface area (Å²) < 4.78 is 39.1. The number of halogens is 1. The Morgan fingerprint density at radius 1 is 1.45 bits per heavy atom. The number of hydrogen-bond donors (Lipinski definition) is 1. The highest BCUT2D eigenvalue weighted by atomic mass is 32.2. The van der Waals surface area contributed by atoms with Gasteiger partial charge in [0.25, 0.3) is 0 Å². The van der Waals surface area contributed by atoms with Gasteiger partial charge in [0.15, 0.2) is 0 Å². The zero-order chi connectivity index (χ0) is 15.5. The van der Waals surface area contributed by atoms with Gasteiger partial charge in [0.2, 0.25) is 15.8 Å². The average Bonchev–Trinajstić information content (AvgIpc) is 2.34. The van der Waals surface area contributed by atoms with E-state index in [1.165, 1.54) is 0 Å². The zero-order valence-electron chi connectivity index (χ0n) is 11.0. The summed E-state index contributed by atoms with van der Waals surface area (Å²) in [5.41, 5.74) is -0.790. The predicted molar refractivity (Wildman–Crippen MR) is 69.2 cm³/mol. The Balaban J connectivity index is 3.28. The third kappa shape index (κ3) is 3.30. The molecule has 1 N–H and O–H groups in total. The first-order valence-corrected chi connectivity index (χ1v) is 7.22. The lowest BCUT2D eigenvalue weighted by Gasteiger charge is -2.25. The highest BCUT2D eigenvalue weighted by molar-refractivity contribution is 7.89. The molecule has 0 heterocycles.